The van der Waals surface area contributed by atoms with Gasteiger partial charge < -0.3 is 14.7 Å². The number of amides is 1. The molecule has 5 nitrogen and oxygen atoms in total. The summed E-state index contributed by atoms with van der Waals surface area (Å²) < 4.78 is 0.557. The van der Waals surface area contributed by atoms with Crippen LogP contribution in [0.25, 0.3) is 0 Å². The van der Waals surface area contributed by atoms with Crippen LogP contribution in [0.5, 0.6) is 0 Å². The monoisotopic (exact) mass is 303 g/mol. The second-order valence-corrected chi connectivity index (χ2v) is 7.62. The lowest BCUT2D eigenvalue weighted by atomic mass is 10.2. The fourth-order valence-electron chi connectivity index (χ4n) is 1.64. The molecule has 0 aliphatic heterocycles. The molecular formula is C14H28N2O3P+. The van der Waals surface area contributed by atoms with Crippen LogP contribution < -0.4 is 5.32 Å². The Morgan fingerprint density at radius 1 is 1.20 bits per heavy atom. The normalized spacial score (nSPS) is 12.8. The van der Waals surface area contributed by atoms with E-state index in [0.29, 0.717) is 23.7 Å². The van der Waals surface area contributed by atoms with E-state index in [1.807, 2.05) is 21.1 Å². The van der Waals surface area contributed by atoms with E-state index in [-0.39, 0.29) is 11.4 Å². The van der Waals surface area contributed by atoms with Gasteiger partial charge in [0.15, 0.2) is 0 Å². The summed E-state index contributed by atoms with van der Waals surface area (Å²) in [5.74, 6) is -0.144. The fourth-order valence-corrected chi connectivity index (χ4v) is 3.00. The molecule has 0 aromatic heterocycles. The zero-order chi connectivity index (χ0) is 15.6. The average molecular weight is 303 g/mol. The van der Waals surface area contributed by atoms with Crippen molar-refractivity contribution in [1.29, 1.82) is 0 Å². The van der Waals surface area contributed by atoms with Crippen molar-refractivity contribution < 1.29 is 19.0 Å². The number of likely N-dealkylation sites (N-methyl/N-ethyl adjacent to an activating group) is 1. The van der Waals surface area contributed by atoms with Crippen LogP contribution in [0.2, 0.25) is 0 Å². The Bertz CT molecular complexity index is 327. The predicted octanol–water partition coefficient (Wildman–Crippen LogP) is 1.47. The molecule has 0 bridgehead atoms. The second-order valence-electron chi connectivity index (χ2n) is 5.87. The molecule has 20 heavy (non-hydrogen) atoms. The van der Waals surface area contributed by atoms with Gasteiger partial charge in [0.25, 0.3) is 0 Å². The number of carbonyl (C=O) groups excluding carboxylic acids is 2. The summed E-state index contributed by atoms with van der Waals surface area (Å²) in [4.78, 5) is 32.4. The Kier molecular flexibility index (Phi) is 9.64. The van der Waals surface area contributed by atoms with E-state index >= 15 is 0 Å². The van der Waals surface area contributed by atoms with Crippen molar-refractivity contribution in [2.75, 3.05) is 40.4 Å². The number of nitrogens with zero attached hydrogens (tertiary/aromatic N) is 1. The van der Waals surface area contributed by atoms with Crippen LogP contribution in [0, 0.1) is 0 Å². The van der Waals surface area contributed by atoms with Crippen molar-refractivity contribution in [3.63, 3.8) is 0 Å². The second kappa shape index (κ2) is 10.0. The molecule has 6 heteroatoms. The number of quaternary nitrogens is 1. The molecule has 0 fully saturated rings. The number of unbranched alkanes of at least 4 members (excludes halogenated alkanes) is 3. The number of rotatable bonds is 11. The topological polar surface area (TPSA) is 66.4 Å². The fraction of sp³-hybridized carbons (Fsp3) is 0.714. The zero-order valence-corrected chi connectivity index (χ0v) is 13.8. The third kappa shape index (κ3) is 11.1. The summed E-state index contributed by atoms with van der Waals surface area (Å²) in [6.45, 7) is 4.42. The SMILES string of the molecule is C=CC(=O)NCCCCCCP(O)C(=O)C[N+](C)(C)C. The minimum Gasteiger partial charge on any atom is -0.366 e. The highest BCUT2D eigenvalue weighted by atomic mass is 31.1. The van der Waals surface area contributed by atoms with Gasteiger partial charge in [-0.15, -0.1) is 0 Å². The van der Waals surface area contributed by atoms with E-state index in [9.17, 15) is 14.5 Å². The van der Waals surface area contributed by atoms with Gasteiger partial charge in [0.2, 0.25) is 11.4 Å². The molecule has 0 heterocycles. The van der Waals surface area contributed by atoms with Gasteiger partial charge in [-0.25, -0.2) is 0 Å². The molecule has 1 atom stereocenters. The Balaban J connectivity index is 3.57. The molecule has 0 aliphatic carbocycles. The molecule has 0 aromatic rings. The van der Waals surface area contributed by atoms with Crippen molar-refractivity contribution in [2.24, 2.45) is 0 Å². The molecule has 2 N–H and O–H groups in total. The summed E-state index contributed by atoms with van der Waals surface area (Å²) in [6, 6.07) is 0. The lowest BCUT2D eigenvalue weighted by Gasteiger charge is -2.23. The van der Waals surface area contributed by atoms with E-state index in [0.717, 1.165) is 25.7 Å². The molecule has 1 amide bonds. The minimum absolute atomic E-state index is 0.0225. The van der Waals surface area contributed by atoms with Crippen molar-refractivity contribution in [1.82, 2.24) is 5.32 Å². The van der Waals surface area contributed by atoms with Gasteiger partial charge in [0, 0.05) is 6.54 Å². The number of hydrogen-bond donors (Lipinski definition) is 2. The summed E-state index contributed by atoms with van der Waals surface area (Å²) in [5, 5.41) is 2.72. The average Bonchev–Trinajstić information content (AvgIpc) is 2.34. The van der Waals surface area contributed by atoms with Crippen LogP contribution in [0.4, 0.5) is 0 Å². The Morgan fingerprint density at radius 3 is 2.35 bits per heavy atom. The van der Waals surface area contributed by atoms with Crippen LogP contribution in [0.1, 0.15) is 25.7 Å². The van der Waals surface area contributed by atoms with Gasteiger partial charge in [-0.05, 0) is 25.1 Å². The lowest BCUT2D eigenvalue weighted by Crippen LogP contribution is -2.39. The van der Waals surface area contributed by atoms with E-state index in [1.54, 1.807) is 0 Å². The standard InChI is InChI=1S/C14H27N2O3P/c1-5-13(17)15-10-8-6-7-9-11-20(19)14(18)12-16(2,3)4/h5,19H,1,6-12H2,2-4H3/p+1. The van der Waals surface area contributed by atoms with Gasteiger partial charge in [0.05, 0.1) is 21.1 Å². The summed E-state index contributed by atoms with van der Waals surface area (Å²) in [6.07, 6.45) is 5.59. The number of nitrogens with one attached hydrogen (secondary N) is 1. The van der Waals surface area contributed by atoms with Crippen LogP contribution in [-0.4, -0.2) is 61.2 Å². The van der Waals surface area contributed by atoms with E-state index in [4.69, 9.17) is 0 Å². The molecule has 1 unspecified atom stereocenters. The highest BCUT2D eigenvalue weighted by Crippen LogP contribution is 2.33. The van der Waals surface area contributed by atoms with E-state index < -0.39 is 8.15 Å². The molecule has 0 rings (SSSR count). The quantitative estimate of drug-likeness (QED) is 0.263. The van der Waals surface area contributed by atoms with Gasteiger partial charge in [0.1, 0.15) is 14.7 Å². The maximum Gasteiger partial charge on any atom is 0.243 e. The van der Waals surface area contributed by atoms with Crippen molar-refractivity contribution in [2.45, 2.75) is 25.7 Å². The van der Waals surface area contributed by atoms with Crippen LogP contribution in [0.3, 0.4) is 0 Å². The highest BCUT2D eigenvalue weighted by Gasteiger charge is 2.21. The molecular weight excluding hydrogens is 275 g/mol. The molecule has 0 aliphatic rings. The van der Waals surface area contributed by atoms with E-state index in [1.165, 1.54) is 6.08 Å². The molecule has 0 aromatic carbocycles. The zero-order valence-electron chi connectivity index (χ0n) is 12.9. The van der Waals surface area contributed by atoms with Crippen molar-refractivity contribution in [3.8, 4) is 0 Å². The van der Waals surface area contributed by atoms with Gasteiger partial charge in [-0.3, -0.25) is 9.59 Å². The van der Waals surface area contributed by atoms with Gasteiger partial charge in [-0.1, -0.05) is 19.4 Å². The summed E-state index contributed by atoms with van der Waals surface area (Å²) in [5.41, 5.74) is -0.0225. The molecule has 0 spiro atoms. The first-order valence-corrected chi connectivity index (χ1v) is 8.44. The summed E-state index contributed by atoms with van der Waals surface area (Å²) >= 11 is 0. The molecule has 0 saturated heterocycles. The first-order chi connectivity index (χ1) is 9.26. The number of carbonyl (C=O) groups is 2. The Morgan fingerprint density at radius 2 is 1.80 bits per heavy atom. The van der Waals surface area contributed by atoms with Crippen LogP contribution >= 0.6 is 8.15 Å². The minimum atomic E-state index is -1.48. The van der Waals surface area contributed by atoms with Gasteiger partial charge in [-0.2, -0.15) is 0 Å². The number of hydrogen-bond acceptors (Lipinski definition) is 3. The largest absolute Gasteiger partial charge is 0.366 e. The Hall–Kier alpha value is -0.770. The first-order valence-electron chi connectivity index (χ1n) is 6.96. The lowest BCUT2D eigenvalue weighted by molar-refractivity contribution is -0.861. The Labute approximate surface area is 123 Å². The molecule has 116 valence electrons. The van der Waals surface area contributed by atoms with Gasteiger partial charge >= 0.3 is 0 Å². The predicted molar refractivity (Wildman–Crippen MR) is 83.6 cm³/mol. The van der Waals surface area contributed by atoms with Crippen molar-refractivity contribution in [3.05, 3.63) is 12.7 Å². The maximum atomic E-state index is 11.7. The van der Waals surface area contributed by atoms with Crippen LogP contribution in [0.15, 0.2) is 12.7 Å². The third-order valence-corrected chi connectivity index (χ3v) is 4.14. The van der Waals surface area contributed by atoms with Crippen LogP contribution in [-0.2, 0) is 9.59 Å². The maximum absolute atomic E-state index is 11.7. The highest BCUT2D eigenvalue weighted by molar-refractivity contribution is 7.69. The first kappa shape index (κ1) is 19.2. The third-order valence-electron chi connectivity index (χ3n) is 2.68. The van der Waals surface area contributed by atoms with E-state index in [2.05, 4.69) is 11.9 Å². The molecule has 0 radical (unpaired) electrons. The smallest absolute Gasteiger partial charge is 0.243 e. The van der Waals surface area contributed by atoms with Crippen molar-refractivity contribution >= 4 is 19.6 Å². The molecule has 0 saturated carbocycles. The summed E-state index contributed by atoms with van der Waals surface area (Å²) in [7, 11) is 4.35.